The molecule has 0 radical (unpaired) electrons. The lowest BCUT2D eigenvalue weighted by Gasteiger charge is -2.35. The molecule has 1 aliphatic rings. The molecule has 3 N–H and O–H groups in total. The highest BCUT2D eigenvalue weighted by Crippen LogP contribution is 2.14. The molecule has 1 fully saturated rings. The number of ether oxygens (including phenoxy) is 2. The van der Waals surface area contributed by atoms with Gasteiger partial charge in [0.05, 0.1) is 26.4 Å². The summed E-state index contributed by atoms with van der Waals surface area (Å²) < 4.78 is 10.8. The Morgan fingerprint density at radius 1 is 1.11 bits per heavy atom. The van der Waals surface area contributed by atoms with Crippen molar-refractivity contribution in [1.29, 1.82) is 0 Å². The predicted octanol–water partition coefficient (Wildman–Crippen LogP) is 1.70. The molecule has 1 saturated heterocycles. The van der Waals surface area contributed by atoms with E-state index in [-0.39, 0.29) is 6.04 Å². The third-order valence-electron chi connectivity index (χ3n) is 5.20. The largest absolute Gasteiger partial charge is 0.497 e. The lowest BCUT2D eigenvalue weighted by atomic mass is 9.98. The predicted molar refractivity (Wildman–Crippen MR) is 116 cm³/mol. The molecule has 2 aromatic rings. The third-order valence-corrected chi connectivity index (χ3v) is 5.47. The number of nitrogens with one attached hydrogen (secondary N) is 3. The first-order chi connectivity index (χ1) is 13.7. The fraction of sp³-hybridized carbons (Fsp3) is 0.409. The second kappa shape index (κ2) is 10.4. The highest BCUT2D eigenvalue weighted by molar-refractivity contribution is 7.80. The van der Waals surface area contributed by atoms with Crippen LogP contribution in [0.2, 0.25) is 0 Å². The topological polar surface area (TPSA) is 47.0 Å². The molecule has 0 aromatic heterocycles. The first-order valence-corrected chi connectivity index (χ1v) is 10.2. The first-order valence-electron chi connectivity index (χ1n) is 9.82. The van der Waals surface area contributed by atoms with E-state index in [1.54, 1.807) is 7.11 Å². The zero-order valence-electron chi connectivity index (χ0n) is 16.6. The van der Waals surface area contributed by atoms with Crippen LogP contribution in [0.25, 0.3) is 0 Å². The fourth-order valence-electron chi connectivity index (χ4n) is 3.75. The van der Waals surface area contributed by atoms with E-state index in [9.17, 15) is 0 Å². The van der Waals surface area contributed by atoms with Gasteiger partial charge in [-0.1, -0.05) is 42.5 Å². The average molecular weight is 401 g/mol. The lowest BCUT2D eigenvalue weighted by molar-refractivity contribution is -0.940. The molecule has 5 nitrogen and oxygen atoms in total. The molecule has 3 rings (SSSR count). The Kier molecular flexibility index (Phi) is 7.65. The van der Waals surface area contributed by atoms with Crippen LogP contribution in [0.15, 0.2) is 54.6 Å². The van der Waals surface area contributed by atoms with Crippen LogP contribution in [0, 0.1) is 0 Å². The van der Waals surface area contributed by atoms with E-state index in [4.69, 9.17) is 21.7 Å². The Hall–Kier alpha value is -2.15. The quantitative estimate of drug-likeness (QED) is 0.618. The standard InChI is InChI=1S/C22H29N3O2S/c1-17(24-22(28)23-16-18-8-10-20(26-2)11-9-18)21(19-6-4-3-5-7-19)25-12-14-27-15-13-25/h3-11,17,21H,12-16H2,1-2H3,(H2,23,24,28)/p+1/t17-,21+/m1/s1. The van der Waals surface area contributed by atoms with Gasteiger partial charge in [-0.25, -0.2) is 0 Å². The van der Waals surface area contributed by atoms with Crippen LogP contribution >= 0.6 is 12.2 Å². The van der Waals surface area contributed by atoms with Crippen LogP contribution in [0.1, 0.15) is 24.1 Å². The number of hydrogen-bond donors (Lipinski definition) is 3. The minimum Gasteiger partial charge on any atom is -0.497 e. The zero-order chi connectivity index (χ0) is 19.8. The van der Waals surface area contributed by atoms with Gasteiger partial charge < -0.3 is 25.0 Å². The second-order valence-electron chi connectivity index (χ2n) is 7.12. The zero-order valence-corrected chi connectivity index (χ0v) is 17.4. The summed E-state index contributed by atoms with van der Waals surface area (Å²) in [5, 5.41) is 7.50. The molecule has 0 amide bonds. The van der Waals surface area contributed by atoms with Crippen LogP contribution in [-0.2, 0) is 11.3 Å². The molecule has 1 heterocycles. The van der Waals surface area contributed by atoms with Gasteiger partial charge in [0.2, 0.25) is 0 Å². The third kappa shape index (κ3) is 5.67. The monoisotopic (exact) mass is 400 g/mol. The van der Waals surface area contributed by atoms with Gasteiger partial charge in [0.1, 0.15) is 24.9 Å². The van der Waals surface area contributed by atoms with Crippen molar-refractivity contribution in [3.05, 3.63) is 65.7 Å². The maximum absolute atomic E-state index is 5.57. The fourth-order valence-corrected chi connectivity index (χ4v) is 4.01. The van der Waals surface area contributed by atoms with Crippen molar-refractivity contribution in [2.75, 3.05) is 33.4 Å². The maximum atomic E-state index is 5.57. The Bertz CT molecular complexity index is 733. The van der Waals surface area contributed by atoms with Gasteiger partial charge in [-0.3, -0.25) is 0 Å². The van der Waals surface area contributed by atoms with Crippen molar-refractivity contribution in [2.24, 2.45) is 0 Å². The molecule has 2 atom stereocenters. The summed E-state index contributed by atoms with van der Waals surface area (Å²) in [5.41, 5.74) is 2.49. The van der Waals surface area contributed by atoms with Crippen molar-refractivity contribution in [1.82, 2.24) is 10.6 Å². The molecular formula is C22H30N3O2S+. The van der Waals surface area contributed by atoms with Crippen molar-refractivity contribution < 1.29 is 14.4 Å². The number of methoxy groups -OCH3 is 1. The van der Waals surface area contributed by atoms with Crippen molar-refractivity contribution in [3.63, 3.8) is 0 Å². The minimum absolute atomic E-state index is 0.200. The first kappa shape index (κ1) is 20.6. The molecule has 0 bridgehead atoms. The molecule has 1 aliphatic heterocycles. The van der Waals surface area contributed by atoms with Crippen molar-refractivity contribution >= 4 is 17.3 Å². The van der Waals surface area contributed by atoms with Gasteiger partial charge in [0, 0.05) is 12.1 Å². The van der Waals surface area contributed by atoms with E-state index in [1.165, 1.54) is 10.5 Å². The van der Waals surface area contributed by atoms with Crippen molar-refractivity contribution in [2.45, 2.75) is 25.6 Å². The molecule has 2 aromatic carbocycles. The van der Waals surface area contributed by atoms with E-state index in [0.717, 1.165) is 37.6 Å². The van der Waals surface area contributed by atoms with E-state index in [0.29, 0.717) is 17.7 Å². The number of quaternary nitrogens is 1. The van der Waals surface area contributed by atoms with Gasteiger partial charge in [-0.05, 0) is 36.8 Å². The van der Waals surface area contributed by atoms with Crippen LogP contribution in [0.4, 0.5) is 0 Å². The SMILES string of the molecule is COc1ccc(CNC(=S)N[C@H](C)[C@@H](c2ccccc2)[NH+]2CCOCC2)cc1. The molecule has 0 spiro atoms. The summed E-state index contributed by atoms with van der Waals surface area (Å²) in [5.74, 6) is 0.859. The number of rotatable bonds is 7. The van der Waals surface area contributed by atoms with Crippen LogP contribution < -0.4 is 20.3 Å². The van der Waals surface area contributed by atoms with Gasteiger partial charge >= 0.3 is 0 Å². The number of hydrogen-bond acceptors (Lipinski definition) is 3. The minimum atomic E-state index is 0.200. The van der Waals surface area contributed by atoms with Gasteiger partial charge in [0.25, 0.3) is 0 Å². The van der Waals surface area contributed by atoms with Crippen LogP contribution in [0.5, 0.6) is 5.75 Å². The Labute approximate surface area is 173 Å². The van der Waals surface area contributed by atoms with E-state index in [2.05, 4.69) is 47.9 Å². The maximum Gasteiger partial charge on any atom is 0.167 e. The number of thiocarbonyl (C=S) groups is 1. The number of benzene rings is 2. The molecule has 0 saturated carbocycles. The molecule has 6 heteroatoms. The van der Waals surface area contributed by atoms with Gasteiger partial charge in [0.15, 0.2) is 5.11 Å². The Morgan fingerprint density at radius 3 is 2.43 bits per heavy atom. The van der Waals surface area contributed by atoms with E-state index < -0.39 is 0 Å². The smallest absolute Gasteiger partial charge is 0.167 e. The van der Waals surface area contributed by atoms with Gasteiger partial charge in [-0.2, -0.15) is 0 Å². The summed E-state index contributed by atoms with van der Waals surface area (Å²) in [6.07, 6.45) is 0. The Morgan fingerprint density at radius 2 is 1.79 bits per heavy atom. The average Bonchev–Trinajstić information content (AvgIpc) is 2.74. The molecule has 150 valence electrons. The van der Waals surface area contributed by atoms with E-state index >= 15 is 0 Å². The highest BCUT2D eigenvalue weighted by atomic mass is 32.1. The van der Waals surface area contributed by atoms with Crippen molar-refractivity contribution in [3.8, 4) is 5.75 Å². The highest BCUT2D eigenvalue weighted by Gasteiger charge is 2.31. The molecule has 28 heavy (non-hydrogen) atoms. The summed E-state index contributed by atoms with van der Waals surface area (Å²) >= 11 is 5.57. The summed E-state index contributed by atoms with van der Waals surface area (Å²) in [6, 6.07) is 19.2. The summed E-state index contributed by atoms with van der Waals surface area (Å²) in [4.78, 5) is 1.54. The second-order valence-corrected chi connectivity index (χ2v) is 7.53. The van der Waals surface area contributed by atoms with E-state index in [1.807, 2.05) is 24.3 Å². The lowest BCUT2D eigenvalue weighted by Crippen LogP contribution is -3.15. The normalized spacial score (nSPS) is 16.8. The molecular weight excluding hydrogens is 370 g/mol. The molecule has 0 aliphatic carbocycles. The van der Waals surface area contributed by atoms with Gasteiger partial charge in [-0.15, -0.1) is 0 Å². The van der Waals surface area contributed by atoms with Crippen LogP contribution in [-0.4, -0.2) is 44.6 Å². The summed E-state index contributed by atoms with van der Waals surface area (Å²) in [6.45, 7) is 6.54. The Balaban J connectivity index is 1.60. The summed E-state index contributed by atoms with van der Waals surface area (Å²) in [7, 11) is 1.67. The van der Waals surface area contributed by atoms with Crippen LogP contribution in [0.3, 0.4) is 0 Å². The molecule has 0 unspecified atom stereocenters. The number of morpholine rings is 1.